The fraction of sp³-hybridized carbons (Fsp3) is 0.538. The molecule has 0 radical (unpaired) electrons. The average Bonchev–Trinajstić information content (AvgIpc) is 2.75. The minimum absolute atomic E-state index is 0.270. The number of benzene rings is 1. The van der Waals surface area contributed by atoms with Gasteiger partial charge < -0.3 is 5.11 Å². The van der Waals surface area contributed by atoms with Gasteiger partial charge in [-0.1, -0.05) is 29.8 Å². The molecule has 1 heterocycles. The van der Waals surface area contributed by atoms with Gasteiger partial charge in [-0.15, -0.1) is 0 Å². The maximum Gasteiger partial charge on any atom is 0.0453 e. The van der Waals surface area contributed by atoms with Crippen molar-refractivity contribution in [1.29, 1.82) is 0 Å². The second kappa shape index (κ2) is 5.67. The number of hydrogen-bond acceptors (Lipinski definition) is 2. The summed E-state index contributed by atoms with van der Waals surface area (Å²) in [5, 5.41) is 9.75. The Morgan fingerprint density at radius 2 is 2.19 bits per heavy atom. The lowest BCUT2D eigenvalue weighted by atomic mass is 10.0. The lowest BCUT2D eigenvalue weighted by molar-refractivity contribution is 0.214. The minimum atomic E-state index is 0.270. The van der Waals surface area contributed by atoms with E-state index >= 15 is 0 Å². The molecule has 2 nitrogen and oxygen atoms in total. The zero-order chi connectivity index (χ0) is 11.4. The van der Waals surface area contributed by atoms with Crippen molar-refractivity contribution in [2.75, 3.05) is 19.7 Å². The van der Waals surface area contributed by atoms with Gasteiger partial charge in [-0.2, -0.15) is 0 Å². The maximum absolute atomic E-state index is 8.89. The van der Waals surface area contributed by atoms with Crippen LogP contribution in [0.3, 0.4) is 0 Å². The summed E-state index contributed by atoms with van der Waals surface area (Å²) in [4.78, 5) is 2.43. The molecule has 0 amide bonds. The van der Waals surface area contributed by atoms with Crippen LogP contribution in [-0.2, 0) is 0 Å². The van der Waals surface area contributed by atoms with Crippen LogP contribution >= 0.6 is 11.6 Å². The molecule has 1 saturated heterocycles. The van der Waals surface area contributed by atoms with Gasteiger partial charge in [0.2, 0.25) is 0 Å². The smallest absolute Gasteiger partial charge is 0.0453 e. The van der Waals surface area contributed by atoms with E-state index in [4.69, 9.17) is 16.7 Å². The number of rotatable bonds is 4. The Kier molecular flexibility index (Phi) is 4.22. The molecule has 0 unspecified atom stereocenters. The van der Waals surface area contributed by atoms with E-state index in [1.54, 1.807) is 0 Å². The highest BCUT2D eigenvalue weighted by atomic mass is 35.5. The molecule has 0 spiro atoms. The fourth-order valence-electron chi connectivity index (χ4n) is 2.47. The zero-order valence-electron chi connectivity index (χ0n) is 9.40. The van der Waals surface area contributed by atoms with Crippen LogP contribution in [0.4, 0.5) is 0 Å². The Hall–Kier alpha value is -0.570. The summed E-state index contributed by atoms with van der Waals surface area (Å²) >= 11 is 6.23. The van der Waals surface area contributed by atoms with Gasteiger partial charge in [-0.3, -0.25) is 4.90 Å². The number of hydrogen-bond donors (Lipinski definition) is 1. The predicted octanol–water partition coefficient (Wildman–Crippen LogP) is 2.86. The highest BCUT2D eigenvalue weighted by molar-refractivity contribution is 6.31. The predicted molar refractivity (Wildman–Crippen MR) is 66.7 cm³/mol. The molecule has 1 fully saturated rings. The standard InChI is InChI=1S/C13H18ClNO/c14-12-6-2-1-5-11(12)13-7-3-8-15(13)9-4-10-16/h1-2,5-6,13,16H,3-4,7-10H2/t13-/m0/s1. The van der Waals surface area contributed by atoms with Crippen molar-refractivity contribution in [2.45, 2.75) is 25.3 Å². The van der Waals surface area contributed by atoms with Crippen LogP contribution in [0.1, 0.15) is 30.9 Å². The van der Waals surface area contributed by atoms with Crippen molar-refractivity contribution in [3.63, 3.8) is 0 Å². The fourth-order valence-corrected chi connectivity index (χ4v) is 2.73. The quantitative estimate of drug-likeness (QED) is 0.874. The molecule has 2 rings (SSSR count). The van der Waals surface area contributed by atoms with Gasteiger partial charge in [0, 0.05) is 24.2 Å². The molecular formula is C13H18ClNO. The van der Waals surface area contributed by atoms with Gasteiger partial charge in [0.1, 0.15) is 0 Å². The van der Waals surface area contributed by atoms with Gasteiger partial charge in [0.15, 0.2) is 0 Å². The van der Waals surface area contributed by atoms with Crippen molar-refractivity contribution >= 4 is 11.6 Å². The van der Waals surface area contributed by atoms with Gasteiger partial charge in [-0.05, 0) is 37.4 Å². The highest BCUT2D eigenvalue weighted by Gasteiger charge is 2.26. The van der Waals surface area contributed by atoms with Crippen molar-refractivity contribution in [1.82, 2.24) is 4.90 Å². The van der Waals surface area contributed by atoms with E-state index in [2.05, 4.69) is 11.0 Å². The Labute approximate surface area is 102 Å². The van der Waals surface area contributed by atoms with Crippen LogP contribution in [0.25, 0.3) is 0 Å². The zero-order valence-corrected chi connectivity index (χ0v) is 10.2. The van der Waals surface area contributed by atoms with E-state index in [0.717, 1.165) is 24.5 Å². The summed E-state index contributed by atoms with van der Waals surface area (Å²) in [6, 6.07) is 8.53. The molecule has 1 aromatic rings. The van der Waals surface area contributed by atoms with Gasteiger partial charge >= 0.3 is 0 Å². The topological polar surface area (TPSA) is 23.5 Å². The van der Waals surface area contributed by atoms with E-state index < -0.39 is 0 Å². The van der Waals surface area contributed by atoms with Gasteiger partial charge in [0.05, 0.1) is 0 Å². The first kappa shape index (κ1) is 11.9. The molecule has 0 bridgehead atoms. The molecule has 0 aliphatic carbocycles. The second-order valence-electron chi connectivity index (χ2n) is 4.29. The molecule has 1 aliphatic rings. The summed E-state index contributed by atoms with van der Waals surface area (Å²) in [5.74, 6) is 0. The van der Waals surface area contributed by atoms with Crippen LogP contribution in [-0.4, -0.2) is 29.7 Å². The van der Waals surface area contributed by atoms with E-state index in [1.165, 1.54) is 18.4 Å². The van der Waals surface area contributed by atoms with Crippen LogP contribution in [0.5, 0.6) is 0 Å². The van der Waals surface area contributed by atoms with Crippen molar-refractivity contribution in [3.05, 3.63) is 34.9 Å². The first-order chi connectivity index (χ1) is 7.83. The van der Waals surface area contributed by atoms with E-state index in [0.29, 0.717) is 6.04 Å². The van der Waals surface area contributed by atoms with E-state index in [-0.39, 0.29) is 6.61 Å². The SMILES string of the molecule is OCCCN1CCC[C@H]1c1ccccc1Cl. The number of aliphatic hydroxyl groups excluding tert-OH is 1. The van der Waals surface area contributed by atoms with Crippen LogP contribution < -0.4 is 0 Å². The summed E-state index contributed by atoms with van der Waals surface area (Å²) in [6.07, 6.45) is 3.25. The Morgan fingerprint density at radius 1 is 1.38 bits per heavy atom. The highest BCUT2D eigenvalue weighted by Crippen LogP contribution is 2.35. The number of halogens is 1. The third-order valence-corrected chi connectivity index (χ3v) is 3.58. The molecule has 1 aliphatic heterocycles. The van der Waals surface area contributed by atoms with E-state index in [9.17, 15) is 0 Å². The lowest BCUT2D eigenvalue weighted by Gasteiger charge is -2.25. The Balaban J connectivity index is 2.10. The summed E-state index contributed by atoms with van der Waals surface area (Å²) < 4.78 is 0. The summed E-state index contributed by atoms with van der Waals surface area (Å²) in [6.45, 7) is 2.36. The number of likely N-dealkylation sites (tertiary alicyclic amines) is 1. The first-order valence-corrected chi connectivity index (χ1v) is 6.30. The molecule has 16 heavy (non-hydrogen) atoms. The second-order valence-corrected chi connectivity index (χ2v) is 4.70. The van der Waals surface area contributed by atoms with E-state index in [1.807, 2.05) is 18.2 Å². The molecular weight excluding hydrogens is 222 g/mol. The third kappa shape index (κ3) is 2.57. The minimum Gasteiger partial charge on any atom is -0.396 e. The summed E-state index contributed by atoms with van der Waals surface area (Å²) in [7, 11) is 0. The van der Waals surface area contributed by atoms with Crippen molar-refractivity contribution in [2.24, 2.45) is 0 Å². The number of aliphatic hydroxyl groups is 1. The monoisotopic (exact) mass is 239 g/mol. The van der Waals surface area contributed by atoms with Crippen LogP contribution in [0.15, 0.2) is 24.3 Å². The molecule has 88 valence electrons. The molecule has 1 aromatic carbocycles. The summed E-state index contributed by atoms with van der Waals surface area (Å²) in [5.41, 5.74) is 1.24. The van der Waals surface area contributed by atoms with Crippen molar-refractivity contribution < 1.29 is 5.11 Å². The maximum atomic E-state index is 8.89. The van der Waals surface area contributed by atoms with Gasteiger partial charge in [-0.25, -0.2) is 0 Å². The Morgan fingerprint density at radius 3 is 2.94 bits per heavy atom. The normalized spacial score (nSPS) is 21.5. The van der Waals surface area contributed by atoms with Crippen LogP contribution in [0.2, 0.25) is 5.02 Å². The average molecular weight is 240 g/mol. The number of nitrogens with zero attached hydrogens (tertiary/aromatic N) is 1. The molecule has 0 saturated carbocycles. The largest absolute Gasteiger partial charge is 0.396 e. The molecule has 1 atom stereocenters. The third-order valence-electron chi connectivity index (χ3n) is 3.23. The molecule has 1 N–H and O–H groups in total. The first-order valence-electron chi connectivity index (χ1n) is 5.92. The van der Waals surface area contributed by atoms with Crippen LogP contribution in [0, 0.1) is 0 Å². The lowest BCUT2D eigenvalue weighted by Crippen LogP contribution is -2.25. The molecule has 3 heteroatoms. The Bertz CT molecular complexity index is 342. The molecule has 0 aromatic heterocycles. The van der Waals surface area contributed by atoms with Gasteiger partial charge in [0.25, 0.3) is 0 Å². The van der Waals surface area contributed by atoms with Crippen molar-refractivity contribution in [3.8, 4) is 0 Å².